The Labute approximate surface area is 783 Å². The molecule has 128 heavy (non-hydrogen) atoms. The molecular formula is C112H192N8O8. The van der Waals surface area contributed by atoms with Crippen molar-refractivity contribution in [1.82, 2.24) is 40.9 Å². The molecule has 0 bridgehead atoms. The van der Waals surface area contributed by atoms with Crippen LogP contribution in [0, 0.1) is 69.0 Å². The van der Waals surface area contributed by atoms with Crippen LogP contribution in [0.4, 0.5) is 0 Å². The Bertz CT molecular complexity index is 3830. The van der Waals surface area contributed by atoms with Crippen molar-refractivity contribution in [3.63, 3.8) is 0 Å². The van der Waals surface area contributed by atoms with Crippen LogP contribution < -0.4 is 21.3 Å². The predicted molar refractivity (Wildman–Crippen MR) is 539 cm³/mol. The molecule has 16 aliphatic rings. The Morgan fingerprint density at radius 1 is 0.320 bits per heavy atom. The lowest BCUT2D eigenvalue weighted by atomic mass is 9.68. The average Bonchev–Trinajstić information content (AvgIpc) is 1.46. The molecule has 4 N–H and O–H groups in total. The highest BCUT2D eigenvalue weighted by atomic mass is 16.3. The SMILES string of the molecule is C1=C\[C@H]2C[C@]34CNCC[C@H]3c3ccoc3[C@@H]4N2CCCC/1.CC.CC.CC.CC.CC(C)C.CC(C)C.CC(C)C.CC(C)C.CC(C)C.CC(C)C.CC(C)C.CC(C)C.O=C1CCC/C=C\[C@H]2C[C@]34C(=O)NCC[C@H]3c3ccoc3[C@@H]4N12.O=C1CCC/C=C\[C@H]2C[C@]34CNCC[C@H]3c3ccoc3[C@@H]4N12.O=C1NCC[C@H]2c3ccoc3[C@@H]3N4CCCC/C=C\[C@H]4C[C@@]132. The highest BCUT2D eigenvalue weighted by molar-refractivity contribution is 5.91. The number of carbonyl (C=O) groups excluding carboxylic acids is 4. The molecule has 20 rings (SSSR count). The largest absolute Gasteiger partial charge is 0.467 e. The number of fused-ring (bicyclic) bond motifs is 20. The first-order valence-electron chi connectivity index (χ1n) is 52.2. The van der Waals surface area contributed by atoms with Gasteiger partial charge in [-0.1, -0.05) is 270 Å². The number of nitrogens with one attached hydrogen (secondary N) is 4. The molecule has 4 spiro atoms. The number of hydrogen-bond donors (Lipinski definition) is 4. The Morgan fingerprint density at radius 2 is 0.594 bits per heavy atom. The summed E-state index contributed by atoms with van der Waals surface area (Å²) in [6.07, 6.45) is 46.6. The van der Waals surface area contributed by atoms with E-state index in [0.29, 0.717) is 73.0 Å². The number of carbonyl (C=O) groups is 4. The smallest absolute Gasteiger partial charge is 0.229 e. The normalized spacial score (nSPS) is 30.9. The van der Waals surface area contributed by atoms with E-state index in [1.165, 1.54) is 80.4 Å². The molecule has 0 saturated carbocycles. The Morgan fingerprint density at radius 3 is 0.984 bits per heavy atom. The van der Waals surface area contributed by atoms with E-state index in [1.54, 1.807) is 6.26 Å². The van der Waals surface area contributed by atoms with Crippen molar-refractivity contribution in [2.45, 2.75) is 422 Å². The van der Waals surface area contributed by atoms with E-state index in [1.807, 2.05) is 85.1 Å². The summed E-state index contributed by atoms with van der Waals surface area (Å²) in [5.41, 5.74) is 5.01. The second kappa shape index (κ2) is 54.8. The van der Waals surface area contributed by atoms with Gasteiger partial charge in [0.1, 0.15) is 29.1 Å². The minimum absolute atomic E-state index is 0.0115. The Balaban J connectivity index is 0.000000265. The van der Waals surface area contributed by atoms with Gasteiger partial charge in [-0.15, -0.1) is 0 Å². The fourth-order valence-corrected chi connectivity index (χ4v) is 21.9. The minimum atomic E-state index is -0.539. The first-order valence-corrected chi connectivity index (χ1v) is 52.2. The Kier molecular flexibility index (Phi) is 48.1. The van der Waals surface area contributed by atoms with Crippen molar-refractivity contribution in [2.24, 2.45) is 69.0 Å². The van der Waals surface area contributed by atoms with Crippen molar-refractivity contribution >= 4 is 23.6 Å². The summed E-state index contributed by atoms with van der Waals surface area (Å²) in [4.78, 5) is 61.0. The highest BCUT2D eigenvalue weighted by Gasteiger charge is 2.71. The number of amides is 4. The number of rotatable bonds is 0. The molecule has 4 amide bonds. The standard InChI is InChI=1S/C18H20N2O3.2C18H22N2O2.C18H24N2O.8C4H10.4C2H6/c21-14-5-3-1-2-4-11-10-18-13(6-8-19-17(18)22)12-7-9-23-15(12)16(18)20(11)14;21-15-5-3-1-2-4-12-10-18-11-19-8-6-14(18)13-7-9-22-16(13)17(18)20(12)15;21-17-18-11-12-5-3-1-2-4-9-20(12)16(18)15-13(7-10-22-15)14(18)6-8-19-17;1-2-4-9-20-13(5-3-1)11-18-12-19-8-6-15(18)14-7-10-21-16(14)17(18)20;8*1-4(2)3;4*1-2/h2,4,7,9,11,13,16H,1,3,5-6,8,10H2,(H,19,22);2,4,7,9,12,14,17,19H,1,3,5-6,8,10-11H2;3,5,7,10,12,14,16H,1-2,4,6,8-9,11H2,(H,19,21);3,5,7,10,13,15,17,19H,1-2,4,6,8-9,11-12H2;8*4H,1-3H3;4*1-2H3/b2*4-2-;2*5-3-;;;;;;;;;;;;/t11-,13-,16-,18-;12-,14-,17-,18-;12-,14-,16-,18-;13-,15-,17-,18-;;;;;;;;;;;;/m0000............/s1. The summed E-state index contributed by atoms with van der Waals surface area (Å²) in [6.45, 7) is 76.2. The lowest BCUT2D eigenvalue weighted by Gasteiger charge is -2.40. The molecular weight excluding hydrogens is 1590 g/mol. The van der Waals surface area contributed by atoms with E-state index in [2.05, 4.69) is 269 Å². The zero-order valence-corrected chi connectivity index (χ0v) is 87.6. The van der Waals surface area contributed by atoms with Crippen molar-refractivity contribution < 1.29 is 36.8 Å². The number of furan rings is 4. The summed E-state index contributed by atoms with van der Waals surface area (Å²) >= 11 is 0. The van der Waals surface area contributed by atoms with Gasteiger partial charge in [-0.3, -0.25) is 29.0 Å². The zero-order valence-electron chi connectivity index (χ0n) is 87.6. The van der Waals surface area contributed by atoms with Gasteiger partial charge >= 0.3 is 0 Å². The van der Waals surface area contributed by atoms with E-state index in [9.17, 15) is 19.2 Å². The summed E-state index contributed by atoms with van der Waals surface area (Å²) in [5.74, 6) is 13.5. The van der Waals surface area contributed by atoms with Crippen LogP contribution in [0.1, 0.15) is 443 Å². The lowest BCUT2D eigenvalue weighted by Crippen LogP contribution is -2.50. The maximum Gasteiger partial charge on any atom is 0.229 e. The molecule has 0 aromatic carbocycles. The van der Waals surface area contributed by atoms with Gasteiger partial charge in [0.25, 0.3) is 0 Å². The highest BCUT2D eigenvalue weighted by Crippen LogP contribution is 2.70. The summed E-state index contributed by atoms with van der Waals surface area (Å²) in [7, 11) is 0. The van der Waals surface area contributed by atoms with Crippen LogP contribution in [0.2, 0.25) is 0 Å². The maximum atomic E-state index is 13.0. The third-order valence-electron chi connectivity index (χ3n) is 25.2. The van der Waals surface area contributed by atoms with Gasteiger partial charge < -0.3 is 48.7 Å². The lowest BCUT2D eigenvalue weighted by molar-refractivity contribution is -0.140. The van der Waals surface area contributed by atoms with Crippen molar-refractivity contribution in [1.29, 1.82) is 0 Å². The van der Waals surface area contributed by atoms with Gasteiger partial charge in [-0.05, 0) is 242 Å². The Hall–Kier alpha value is -6.20. The van der Waals surface area contributed by atoms with E-state index in [4.69, 9.17) is 17.7 Å². The predicted octanol–water partition coefficient (Wildman–Crippen LogP) is 28.4. The van der Waals surface area contributed by atoms with Crippen LogP contribution in [0.25, 0.3) is 0 Å². The van der Waals surface area contributed by atoms with Crippen molar-refractivity contribution in [3.8, 4) is 0 Å². The first kappa shape index (κ1) is 112. The fourth-order valence-electron chi connectivity index (χ4n) is 21.9. The third kappa shape index (κ3) is 27.5. The van der Waals surface area contributed by atoms with Crippen LogP contribution in [-0.4, -0.2) is 120 Å². The molecule has 16 atom stereocenters. The summed E-state index contributed by atoms with van der Waals surface area (Å²) in [5, 5.41) is 13.5. The molecule has 0 radical (unpaired) electrons. The molecule has 4 aliphatic carbocycles. The van der Waals surface area contributed by atoms with Crippen LogP contribution in [0.15, 0.2) is 116 Å². The fraction of sp³-hybridized carbons (Fsp3) is 0.750. The zero-order chi connectivity index (χ0) is 95.6. The van der Waals surface area contributed by atoms with E-state index in [0.717, 1.165) is 167 Å². The van der Waals surface area contributed by atoms with Crippen LogP contribution >= 0.6 is 0 Å². The van der Waals surface area contributed by atoms with Crippen molar-refractivity contribution in [3.05, 3.63) is 143 Å². The monoisotopic (exact) mass is 1780 g/mol. The molecule has 8 fully saturated rings. The molecule has 16 heterocycles. The molecule has 8 saturated heterocycles. The third-order valence-corrected chi connectivity index (χ3v) is 25.2. The second-order valence-electron chi connectivity index (χ2n) is 42.9. The van der Waals surface area contributed by atoms with Crippen molar-refractivity contribution in [2.75, 3.05) is 52.4 Å². The quantitative estimate of drug-likeness (QED) is 0.123. The number of piperidine rings is 4. The summed E-state index contributed by atoms with van der Waals surface area (Å²) in [6, 6.07) is 10.3. The molecule has 12 aliphatic heterocycles. The minimum Gasteiger partial charge on any atom is -0.467 e. The molecule has 0 unspecified atom stereocenters. The van der Waals surface area contributed by atoms with Gasteiger partial charge in [0.15, 0.2) is 0 Å². The first-order chi connectivity index (χ1) is 61.1. The summed E-state index contributed by atoms with van der Waals surface area (Å²) < 4.78 is 23.6. The van der Waals surface area contributed by atoms with Crippen LogP contribution in [0.5, 0.6) is 0 Å². The number of hydrogen-bond acceptors (Lipinski definition) is 12. The average molecular weight is 1780 g/mol. The van der Waals surface area contributed by atoms with Crippen LogP contribution in [-0.2, 0) is 19.2 Å². The molecule has 728 valence electrons. The van der Waals surface area contributed by atoms with Gasteiger partial charge in [0.2, 0.25) is 23.6 Å². The van der Waals surface area contributed by atoms with E-state index < -0.39 is 5.41 Å². The number of allylic oxidation sites excluding steroid dienone is 4. The van der Waals surface area contributed by atoms with Gasteiger partial charge in [-0.2, -0.15) is 0 Å². The van der Waals surface area contributed by atoms with Gasteiger partial charge in [0, 0.05) is 79.3 Å². The molecule has 16 nitrogen and oxygen atoms in total. The van der Waals surface area contributed by atoms with Gasteiger partial charge in [0.05, 0.1) is 66.1 Å². The van der Waals surface area contributed by atoms with E-state index >= 15 is 0 Å². The maximum absolute atomic E-state index is 13.0. The molecule has 4 aromatic rings. The topological polar surface area (TPSA) is 182 Å². The second-order valence-corrected chi connectivity index (χ2v) is 42.9. The van der Waals surface area contributed by atoms with Gasteiger partial charge in [-0.25, -0.2) is 0 Å². The molecule has 4 aromatic heterocycles. The molecule has 16 heteroatoms. The van der Waals surface area contributed by atoms with E-state index in [-0.39, 0.29) is 64.7 Å². The van der Waals surface area contributed by atoms with Crippen LogP contribution in [0.3, 0.4) is 0 Å². The number of nitrogens with zero attached hydrogens (tertiary/aromatic N) is 4.